The Hall–Kier alpha value is -3.35. The van der Waals surface area contributed by atoms with E-state index in [0.29, 0.717) is 24.0 Å². The van der Waals surface area contributed by atoms with Crippen molar-refractivity contribution in [3.05, 3.63) is 60.3 Å². The van der Waals surface area contributed by atoms with Gasteiger partial charge in [-0.15, -0.1) is 0 Å². The van der Waals surface area contributed by atoms with Crippen LogP contribution in [-0.2, 0) is 11.3 Å². The number of furan rings is 1. The Morgan fingerprint density at radius 1 is 1.08 bits per heavy atom. The van der Waals surface area contributed by atoms with Crippen molar-refractivity contribution < 1.29 is 9.21 Å². The summed E-state index contributed by atoms with van der Waals surface area (Å²) in [5.74, 6) is 2.72. The number of rotatable bonds is 6. The second-order valence-corrected chi connectivity index (χ2v) is 5.51. The molecule has 128 valence electrons. The lowest BCUT2D eigenvalue weighted by molar-refractivity contribution is -0.114. The molecule has 0 saturated heterocycles. The second kappa shape index (κ2) is 7.48. The third-order valence-corrected chi connectivity index (χ3v) is 3.32. The van der Waals surface area contributed by atoms with Gasteiger partial charge in [0.2, 0.25) is 5.91 Å². The van der Waals surface area contributed by atoms with E-state index in [1.807, 2.05) is 49.4 Å². The lowest BCUT2D eigenvalue weighted by Crippen LogP contribution is -2.06. The normalized spacial score (nSPS) is 10.3. The minimum Gasteiger partial charge on any atom is -0.467 e. The van der Waals surface area contributed by atoms with Crippen molar-refractivity contribution in [2.45, 2.75) is 20.4 Å². The summed E-state index contributed by atoms with van der Waals surface area (Å²) in [7, 11) is 0. The number of benzene rings is 1. The van der Waals surface area contributed by atoms with Gasteiger partial charge >= 0.3 is 0 Å². The summed E-state index contributed by atoms with van der Waals surface area (Å²) in [6, 6.07) is 13.0. The number of amides is 1. The van der Waals surface area contributed by atoms with E-state index < -0.39 is 0 Å². The quantitative estimate of drug-likeness (QED) is 0.635. The van der Waals surface area contributed by atoms with Gasteiger partial charge in [0.25, 0.3) is 0 Å². The highest BCUT2D eigenvalue weighted by atomic mass is 16.3. The Balaban J connectivity index is 1.72. The molecule has 3 N–H and O–H groups in total. The van der Waals surface area contributed by atoms with Crippen LogP contribution in [0.15, 0.2) is 53.1 Å². The Morgan fingerprint density at radius 3 is 2.64 bits per heavy atom. The van der Waals surface area contributed by atoms with Crippen LogP contribution in [0, 0.1) is 6.92 Å². The molecule has 1 aromatic carbocycles. The Bertz CT molecular complexity index is 862. The molecule has 0 radical (unpaired) electrons. The summed E-state index contributed by atoms with van der Waals surface area (Å²) in [4.78, 5) is 19.9. The number of nitrogens with zero attached hydrogens (tertiary/aromatic N) is 2. The van der Waals surface area contributed by atoms with Crippen molar-refractivity contribution in [2.24, 2.45) is 0 Å². The molecule has 3 rings (SSSR count). The predicted octanol–water partition coefficient (Wildman–Crippen LogP) is 3.69. The molecule has 0 aliphatic heterocycles. The number of aryl methyl sites for hydroxylation is 1. The van der Waals surface area contributed by atoms with Crippen molar-refractivity contribution in [1.29, 1.82) is 0 Å². The minimum atomic E-state index is -0.112. The van der Waals surface area contributed by atoms with Gasteiger partial charge in [-0.3, -0.25) is 4.79 Å². The van der Waals surface area contributed by atoms with Crippen molar-refractivity contribution in [3.63, 3.8) is 0 Å². The SMILES string of the molecule is CC(=O)Nc1cccc(Nc2cc(NCc3ccco3)nc(C)n2)c1. The molecule has 2 heterocycles. The first-order valence-electron chi connectivity index (χ1n) is 7.85. The number of aromatic nitrogens is 2. The molecule has 0 spiro atoms. The van der Waals surface area contributed by atoms with E-state index in [1.54, 1.807) is 6.26 Å². The maximum Gasteiger partial charge on any atom is 0.221 e. The number of carbonyl (C=O) groups is 1. The first kappa shape index (κ1) is 16.5. The fraction of sp³-hybridized carbons (Fsp3) is 0.167. The molecule has 0 fully saturated rings. The second-order valence-electron chi connectivity index (χ2n) is 5.51. The minimum absolute atomic E-state index is 0.112. The van der Waals surface area contributed by atoms with Crippen LogP contribution in [0.3, 0.4) is 0 Å². The van der Waals surface area contributed by atoms with Crippen LogP contribution in [-0.4, -0.2) is 15.9 Å². The van der Waals surface area contributed by atoms with Crippen LogP contribution in [0.4, 0.5) is 23.0 Å². The number of carbonyl (C=O) groups excluding carboxylic acids is 1. The largest absolute Gasteiger partial charge is 0.467 e. The molecule has 3 aromatic rings. The molecule has 2 aromatic heterocycles. The monoisotopic (exact) mass is 337 g/mol. The third-order valence-electron chi connectivity index (χ3n) is 3.32. The predicted molar refractivity (Wildman–Crippen MR) is 96.8 cm³/mol. The van der Waals surface area contributed by atoms with Crippen molar-refractivity contribution in [2.75, 3.05) is 16.0 Å². The molecule has 7 heteroatoms. The van der Waals surface area contributed by atoms with Gasteiger partial charge in [-0.05, 0) is 37.3 Å². The van der Waals surface area contributed by atoms with E-state index in [-0.39, 0.29) is 5.91 Å². The molecule has 0 aliphatic carbocycles. The number of anilines is 4. The molecule has 0 aliphatic rings. The molecule has 0 saturated carbocycles. The summed E-state index contributed by atoms with van der Waals surface area (Å²) in [6.45, 7) is 3.85. The van der Waals surface area contributed by atoms with Crippen LogP contribution >= 0.6 is 0 Å². The lowest BCUT2D eigenvalue weighted by atomic mass is 10.2. The van der Waals surface area contributed by atoms with Crippen molar-refractivity contribution in [3.8, 4) is 0 Å². The van der Waals surface area contributed by atoms with Crippen LogP contribution in [0.5, 0.6) is 0 Å². The van der Waals surface area contributed by atoms with Gasteiger partial charge in [0, 0.05) is 24.4 Å². The average Bonchev–Trinajstić information content (AvgIpc) is 3.05. The van der Waals surface area contributed by atoms with Crippen LogP contribution in [0.25, 0.3) is 0 Å². The zero-order chi connectivity index (χ0) is 17.6. The molecule has 0 unspecified atom stereocenters. The standard InChI is InChI=1S/C18H19N5O2/c1-12-20-17(19-11-16-7-4-8-25-16)10-18(21-12)23-15-6-3-5-14(9-15)22-13(2)24/h3-10H,11H2,1-2H3,(H,22,24)(H2,19,20,21,23). The van der Waals surface area contributed by atoms with E-state index in [9.17, 15) is 4.79 Å². The van der Waals surface area contributed by atoms with Crippen LogP contribution in [0.2, 0.25) is 0 Å². The Morgan fingerprint density at radius 2 is 1.88 bits per heavy atom. The number of hydrogen-bond acceptors (Lipinski definition) is 6. The zero-order valence-electron chi connectivity index (χ0n) is 14.0. The first-order valence-corrected chi connectivity index (χ1v) is 7.85. The molecule has 7 nitrogen and oxygen atoms in total. The summed E-state index contributed by atoms with van der Waals surface area (Å²) >= 11 is 0. The smallest absolute Gasteiger partial charge is 0.221 e. The lowest BCUT2D eigenvalue weighted by Gasteiger charge is -2.11. The summed E-state index contributed by atoms with van der Waals surface area (Å²) in [5, 5.41) is 9.19. The van der Waals surface area contributed by atoms with E-state index in [2.05, 4.69) is 25.9 Å². The highest BCUT2D eigenvalue weighted by molar-refractivity contribution is 5.89. The van der Waals surface area contributed by atoms with E-state index in [4.69, 9.17) is 4.42 Å². The summed E-state index contributed by atoms with van der Waals surface area (Å²) < 4.78 is 5.30. The van der Waals surface area contributed by atoms with Crippen LogP contribution < -0.4 is 16.0 Å². The van der Waals surface area contributed by atoms with Gasteiger partial charge in [0.05, 0.1) is 12.8 Å². The van der Waals surface area contributed by atoms with Gasteiger partial charge in [0.1, 0.15) is 23.2 Å². The van der Waals surface area contributed by atoms with Gasteiger partial charge in [-0.25, -0.2) is 9.97 Å². The summed E-state index contributed by atoms with van der Waals surface area (Å²) in [6.07, 6.45) is 1.64. The third kappa shape index (κ3) is 4.81. The highest BCUT2D eigenvalue weighted by Gasteiger charge is 2.05. The average molecular weight is 337 g/mol. The van der Waals surface area contributed by atoms with E-state index >= 15 is 0 Å². The molecule has 25 heavy (non-hydrogen) atoms. The maximum absolute atomic E-state index is 11.2. The summed E-state index contributed by atoms with van der Waals surface area (Å²) in [5.41, 5.74) is 1.54. The zero-order valence-corrected chi connectivity index (χ0v) is 14.0. The van der Waals surface area contributed by atoms with Gasteiger partial charge < -0.3 is 20.4 Å². The van der Waals surface area contributed by atoms with Crippen LogP contribution in [0.1, 0.15) is 18.5 Å². The van der Waals surface area contributed by atoms with E-state index in [0.717, 1.165) is 17.1 Å². The highest BCUT2D eigenvalue weighted by Crippen LogP contribution is 2.21. The first-order chi connectivity index (χ1) is 12.1. The molecule has 0 atom stereocenters. The Kier molecular flexibility index (Phi) is 4.94. The maximum atomic E-state index is 11.2. The Labute approximate surface area is 145 Å². The van der Waals surface area contributed by atoms with Crippen molar-refractivity contribution >= 4 is 28.9 Å². The molecular weight excluding hydrogens is 318 g/mol. The van der Waals surface area contributed by atoms with Gasteiger partial charge in [-0.1, -0.05) is 6.07 Å². The topological polar surface area (TPSA) is 92.1 Å². The molecular formula is C18H19N5O2. The van der Waals surface area contributed by atoms with Crippen molar-refractivity contribution in [1.82, 2.24) is 9.97 Å². The fourth-order valence-corrected chi connectivity index (χ4v) is 2.34. The van der Waals surface area contributed by atoms with E-state index in [1.165, 1.54) is 6.92 Å². The van der Waals surface area contributed by atoms with Gasteiger partial charge in [-0.2, -0.15) is 0 Å². The molecule has 0 bridgehead atoms. The molecule has 1 amide bonds. The van der Waals surface area contributed by atoms with Gasteiger partial charge in [0.15, 0.2) is 0 Å². The fourth-order valence-electron chi connectivity index (χ4n) is 2.34. The number of hydrogen-bond donors (Lipinski definition) is 3. The number of nitrogens with one attached hydrogen (secondary N) is 3.